The number of morpholine rings is 1. The number of hydrogen-bond donors (Lipinski definition) is 1. The van der Waals surface area contributed by atoms with Gasteiger partial charge < -0.3 is 19.6 Å². The number of ether oxygens (including phenoxy) is 1. The number of hydrogen-bond acceptors (Lipinski definition) is 4. The first-order chi connectivity index (χ1) is 14.0. The van der Waals surface area contributed by atoms with Crippen molar-refractivity contribution in [2.45, 2.75) is 12.5 Å². The molecule has 1 amide bonds. The number of rotatable bonds is 2. The fourth-order valence-electron chi connectivity index (χ4n) is 3.51. The maximum Gasteiger partial charge on any atom is 0.258 e. The number of phenolic OH excluding ortho intramolecular Hbond substituents is 1. The average molecular weight is 519 g/mol. The van der Waals surface area contributed by atoms with Crippen molar-refractivity contribution < 1.29 is 14.6 Å². The third-order valence-electron chi connectivity index (χ3n) is 5.06. The standard InChI is InChI=1S/C21H17Br2N3O3/c1-24-15-4-2-12(3-5-15)14-10-18-20(25-11-14)29-7-6-26(18)21(28)13-8-16(22)19(27)17(23)9-13/h2-4,8-10,14-15,27H,5-7,11H2. The van der Waals surface area contributed by atoms with E-state index in [9.17, 15) is 9.90 Å². The second-order valence-corrected chi connectivity index (χ2v) is 8.60. The van der Waals surface area contributed by atoms with E-state index < -0.39 is 0 Å². The maximum absolute atomic E-state index is 13.2. The van der Waals surface area contributed by atoms with Crippen molar-refractivity contribution in [2.75, 3.05) is 19.7 Å². The van der Waals surface area contributed by atoms with Gasteiger partial charge in [-0.25, -0.2) is 11.6 Å². The van der Waals surface area contributed by atoms with Crippen molar-refractivity contribution in [1.29, 1.82) is 0 Å². The minimum Gasteiger partial charge on any atom is -0.506 e. The Morgan fingerprint density at radius 2 is 2.10 bits per heavy atom. The molecule has 2 atom stereocenters. The van der Waals surface area contributed by atoms with Crippen LogP contribution in [0.3, 0.4) is 0 Å². The second kappa shape index (κ2) is 8.17. The third-order valence-corrected chi connectivity index (χ3v) is 6.27. The minimum absolute atomic E-state index is 0.0342. The topological polar surface area (TPSA) is 66.5 Å². The molecule has 0 aromatic heterocycles. The van der Waals surface area contributed by atoms with Gasteiger partial charge in [-0.2, -0.15) is 0 Å². The van der Waals surface area contributed by atoms with E-state index in [1.54, 1.807) is 17.0 Å². The fourth-order valence-corrected chi connectivity index (χ4v) is 4.70. The summed E-state index contributed by atoms with van der Waals surface area (Å²) < 4.78 is 6.58. The number of allylic oxidation sites excluding steroid dienone is 1. The first kappa shape index (κ1) is 19.9. The highest BCUT2D eigenvalue weighted by molar-refractivity contribution is 9.11. The van der Waals surface area contributed by atoms with Gasteiger partial charge in [-0.3, -0.25) is 4.79 Å². The molecule has 0 spiro atoms. The molecule has 6 nitrogen and oxygen atoms in total. The summed E-state index contributed by atoms with van der Waals surface area (Å²) in [6, 6.07) is 3.11. The summed E-state index contributed by atoms with van der Waals surface area (Å²) in [4.78, 5) is 23.0. The van der Waals surface area contributed by atoms with Crippen molar-refractivity contribution in [1.82, 2.24) is 4.90 Å². The lowest BCUT2D eigenvalue weighted by Gasteiger charge is -2.34. The fraction of sp³-hybridized carbons (Fsp3) is 0.286. The number of nitrogens with zero attached hydrogens (tertiary/aromatic N) is 3. The molecule has 2 unspecified atom stereocenters. The number of aromatic hydroxyl groups is 1. The van der Waals surface area contributed by atoms with Crippen LogP contribution in [0.4, 0.5) is 0 Å². The third kappa shape index (κ3) is 3.89. The summed E-state index contributed by atoms with van der Waals surface area (Å²) >= 11 is 6.56. The van der Waals surface area contributed by atoms with Gasteiger partial charge in [0.25, 0.3) is 5.91 Å². The molecule has 1 N–H and O–H groups in total. The van der Waals surface area contributed by atoms with E-state index in [0.29, 0.717) is 52.2 Å². The van der Waals surface area contributed by atoms with Crippen LogP contribution in [-0.4, -0.2) is 47.5 Å². The number of carbonyl (C=O) groups excluding carboxylic acids is 1. The highest BCUT2D eigenvalue weighted by Gasteiger charge is 2.33. The van der Waals surface area contributed by atoms with Crippen molar-refractivity contribution in [3.05, 3.63) is 73.6 Å². The summed E-state index contributed by atoms with van der Waals surface area (Å²) in [7, 11) is 0. The molecule has 2 heterocycles. The number of fused-ring (bicyclic) bond motifs is 1. The van der Waals surface area contributed by atoms with Crippen molar-refractivity contribution in [3.8, 4) is 5.75 Å². The summed E-state index contributed by atoms with van der Waals surface area (Å²) in [5, 5.41) is 9.93. The van der Waals surface area contributed by atoms with E-state index in [1.807, 2.05) is 18.2 Å². The van der Waals surface area contributed by atoms with Gasteiger partial charge in [-0.1, -0.05) is 12.2 Å². The molecule has 2 aliphatic heterocycles. The molecule has 1 aromatic carbocycles. The Morgan fingerprint density at radius 3 is 2.76 bits per heavy atom. The summed E-state index contributed by atoms with van der Waals surface area (Å²) in [5.41, 5.74) is 2.22. The van der Waals surface area contributed by atoms with Crippen LogP contribution in [0.2, 0.25) is 0 Å². The van der Waals surface area contributed by atoms with E-state index >= 15 is 0 Å². The number of carbonyl (C=O) groups is 1. The molecule has 1 saturated heterocycles. The molecule has 148 valence electrons. The molecular weight excluding hydrogens is 502 g/mol. The van der Waals surface area contributed by atoms with Gasteiger partial charge in [0.05, 0.1) is 22.0 Å². The van der Waals surface area contributed by atoms with Gasteiger partial charge in [0, 0.05) is 17.9 Å². The normalized spacial score (nSPS) is 23.2. The van der Waals surface area contributed by atoms with Crippen LogP contribution < -0.4 is 0 Å². The SMILES string of the molecule is [C-]#[N+]C1C=CC(C2C=C3C(=NC2)OCCN3C(=O)c2cc(Br)c(O)c(Br)c2)=CC1. The molecule has 29 heavy (non-hydrogen) atoms. The Hall–Kier alpha value is -2.37. The number of dihydropyridines is 1. The first-order valence-electron chi connectivity index (χ1n) is 9.12. The van der Waals surface area contributed by atoms with Gasteiger partial charge in [-0.15, -0.1) is 0 Å². The van der Waals surface area contributed by atoms with Gasteiger partial charge in [0.1, 0.15) is 18.1 Å². The summed E-state index contributed by atoms with van der Waals surface area (Å²) in [6.45, 7) is 8.50. The van der Waals surface area contributed by atoms with E-state index in [0.717, 1.165) is 5.57 Å². The lowest BCUT2D eigenvalue weighted by Crippen LogP contribution is -2.43. The van der Waals surface area contributed by atoms with Crippen LogP contribution in [0.25, 0.3) is 4.85 Å². The molecule has 4 rings (SSSR count). The highest BCUT2D eigenvalue weighted by Crippen LogP contribution is 2.35. The molecule has 0 radical (unpaired) electrons. The zero-order valence-corrected chi connectivity index (χ0v) is 18.5. The van der Waals surface area contributed by atoms with Gasteiger partial charge in [0.15, 0.2) is 0 Å². The van der Waals surface area contributed by atoms with Crippen LogP contribution in [0.5, 0.6) is 5.75 Å². The Morgan fingerprint density at radius 1 is 1.34 bits per heavy atom. The lowest BCUT2D eigenvalue weighted by atomic mass is 9.90. The zero-order valence-electron chi connectivity index (χ0n) is 15.3. The van der Waals surface area contributed by atoms with E-state index in [4.69, 9.17) is 11.3 Å². The summed E-state index contributed by atoms with van der Waals surface area (Å²) in [6.07, 6.45) is 8.71. The number of halogens is 2. The minimum atomic E-state index is -0.185. The van der Waals surface area contributed by atoms with Gasteiger partial charge in [-0.05, 0) is 61.7 Å². The summed E-state index contributed by atoms with van der Waals surface area (Å²) in [5.74, 6) is 0.385. The highest BCUT2D eigenvalue weighted by atomic mass is 79.9. The number of aliphatic imine (C=N–C) groups is 1. The van der Waals surface area contributed by atoms with Crippen LogP contribution >= 0.6 is 31.9 Å². The molecule has 0 saturated carbocycles. The van der Waals surface area contributed by atoms with Crippen LogP contribution in [0, 0.1) is 12.5 Å². The zero-order chi connectivity index (χ0) is 20.5. The van der Waals surface area contributed by atoms with E-state index in [2.05, 4.69) is 47.8 Å². The monoisotopic (exact) mass is 517 g/mol. The number of benzene rings is 1. The largest absolute Gasteiger partial charge is 0.506 e. The molecule has 0 bridgehead atoms. The molecule has 1 aromatic rings. The molecule has 3 aliphatic rings. The first-order valence-corrected chi connectivity index (χ1v) is 10.7. The molecule has 1 fully saturated rings. The van der Waals surface area contributed by atoms with Crippen LogP contribution in [0.15, 0.2) is 61.6 Å². The lowest BCUT2D eigenvalue weighted by molar-refractivity contribution is 0.0752. The Kier molecular flexibility index (Phi) is 5.61. The van der Waals surface area contributed by atoms with Gasteiger partial charge in [0.2, 0.25) is 11.9 Å². The quantitative estimate of drug-likeness (QED) is 0.587. The predicted octanol–water partition coefficient (Wildman–Crippen LogP) is 4.48. The second-order valence-electron chi connectivity index (χ2n) is 6.89. The molecule has 8 heteroatoms. The van der Waals surface area contributed by atoms with Crippen LogP contribution in [0.1, 0.15) is 16.8 Å². The maximum atomic E-state index is 13.2. The van der Waals surface area contributed by atoms with Crippen molar-refractivity contribution >= 4 is 43.7 Å². The average Bonchev–Trinajstić information content (AvgIpc) is 2.76. The number of amides is 1. The predicted molar refractivity (Wildman–Crippen MR) is 117 cm³/mol. The van der Waals surface area contributed by atoms with Crippen LogP contribution in [-0.2, 0) is 4.74 Å². The Balaban J connectivity index is 1.63. The van der Waals surface area contributed by atoms with Crippen molar-refractivity contribution in [3.63, 3.8) is 0 Å². The Labute approximate surface area is 185 Å². The number of phenols is 1. The Bertz CT molecular complexity index is 1010. The van der Waals surface area contributed by atoms with E-state index in [1.165, 1.54) is 0 Å². The smallest absolute Gasteiger partial charge is 0.258 e. The van der Waals surface area contributed by atoms with Crippen molar-refractivity contribution in [2.24, 2.45) is 10.9 Å². The van der Waals surface area contributed by atoms with E-state index in [-0.39, 0.29) is 23.6 Å². The molecule has 1 aliphatic carbocycles. The molecular formula is C21H17Br2N3O3. The van der Waals surface area contributed by atoms with Gasteiger partial charge >= 0.3 is 0 Å².